The van der Waals surface area contributed by atoms with E-state index in [1.165, 1.54) is 17.7 Å². The average Bonchev–Trinajstić information content (AvgIpc) is 3.14. The van der Waals surface area contributed by atoms with Crippen LogP contribution in [0.5, 0.6) is 0 Å². The number of rotatable bonds is 7. The quantitative estimate of drug-likeness (QED) is 0.719. The van der Waals surface area contributed by atoms with E-state index in [4.69, 9.17) is 9.47 Å². The second-order valence-corrected chi connectivity index (χ2v) is 7.70. The average molecular weight is 324 g/mol. The highest BCUT2D eigenvalue weighted by atomic mass is 32.1. The number of fused-ring (bicyclic) bond motifs is 1. The zero-order valence-electron chi connectivity index (χ0n) is 13.7. The Hall–Kier alpha value is -0.460. The van der Waals surface area contributed by atoms with E-state index in [1.54, 1.807) is 0 Å². The molecule has 2 fully saturated rings. The third-order valence-electron chi connectivity index (χ3n) is 4.79. The summed E-state index contributed by atoms with van der Waals surface area (Å²) < 4.78 is 12.0. The van der Waals surface area contributed by atoms with Crippen LogP contribution in [-0.4, -0.2) is 69.0 Å². The monoisotopic (exact) mass is 324 g/mol. The van der Waals surface area contributed by atoms with Gasteiger partial charge in [0.2, 0.25) is 0 Å². The third-order valence-corrected chi connectivity index (χ3v) is 5.65. The fourth-order valence-electron chi connectivity index (χ4n) is 3.60. The van der Waals surface area contributed by atoms with Crippen LogP contribution >= 0.6 is 11.3 Å². The van der Waals surface area contributed by atoms with Crippen molar-refractivity contribution >= 4 is 11.3 Å². The summed E-state index contributed by atoms with van der Waals surface area (Å²) in [6.45, 7) is 5.66. The molecular formula is C17H28N2O2S. The van der Waals surface area contributed by atoms with Crippen molar-refractivity contribution in [1.82, 2.24) is 9.80 Å². The van der Waals surface area contributed by atoms with E-state index in [0.717, 1.165) is 39.5 Å². The SMILES string of the molecule is CN(C)CCOC[C@@H]1CC[C@H]2[C@H]1OCCN2Cc1cccs1. The lowest BCUT2D eigenvalue weighted by molar-refractivity contribution is -0.0881. The van der Waals surface area contributed by atoms with Gasteiger partial charge in [-0.15, -0.1) is 11.3 Å². The molecule has 0 amide bonds. The van der Waals surface area contributed by atoms with Gasteiger partial charge in [0.25, 0.3) is 0 Å². The Morgan fingerprint density at radius 2 is 2.32 bits per heavy atom. The number of hydrogen-bond donors (Lipinski definition) is 0. The molecule has 4 nitrogen and oxygen atoms in total. The topological polar surface area (TPSA) is 24.9 Å². The lowest BCUT2D eigenvalue weighted by Crippen LogP contribution is -2.50. The van der Waals surface area contributed by atoms with Gasteiger partial charge in [-0.3, -0.25) is 4.90 Å². The van der Waals surface area contributed by atoms with Crippen molar-refractivity contribution in [2.75, 3.05) is 47.0 Å². The van der Waals surface area contributed by atoms with Gasteiger partial charge in [0.1, 0.15) is 0 Å². The van der Waals surface area contributed by atoms with Gasteiger partial charge < -0.3 is 14.4 Å². The molecule has 5 heteroatoms. The summed E-state index contributed by atoms with van der Waals surface area (Å²) in [6.07, 6.45) is 2.85. The second kappa shape index (κ2) is 7.88. The summed E-state index contributed by atoms with van der Waals surface area (Å²) in [4.78, 5) is 6.25. The van der Waals surface area contributed by atoms with Crippen LogP contribution in [0.25, 0.3) is 0 Å². The van der Waals surface area contributed by atoms with Crippen LogP contribution in [-0.2, 0) is 16.0 Å². The fourth-order valence-corrected chi connectivity index (χ4v) is 4.33. The Morgan fingerprint density at radius 3 is 3.09 bits per heavy atom. The molecule has 1 aromatic heterocycles. The van der Waals surface area contributed by atoms with Crippen molar-refractivity contribution in [2.45, 2.75) is 31.5 Å². The van der Waals surface area contributed by atoms with Crippen LogP contribution in [0.1, 0.15) is 17.7 Å². The van der Waals surface area contributed by atoms with Crippen LogP contribution in [0.3, 0.4) is 0 Å². The summed E-state index contributed by atoms with van der Waals surface area (Å²) >= 11 is 1.86. The van der Waals surface area contributed by atoms with Gasteiger partial charge in [0, 0.05) is 36.5 Å². The van der Waals surface area contributed by atoms with E-state index in [-0.39, 0.29) is 0 Å². The van der Waals surface area contributed by atoms with Crippen molar-refractivity contribution < 1.29 is 9.47 Å². The minimum absolute atomic E-state index is 0.369. The van der Waals surface area contributed by atoms with Gasteiger partial charge in [0.15, 0.2) is 0 Å². The summed E-state index contributed by atoms with van der Waals surface area (Å²) in [5.41, 5.74) is 0. The predicted octanol–water partition coefficient (Wildman–Crippen LogP) is 2.31. The van der Waals surface area contributed by atoms with E-state index < -0.39 is 0 Å². The molecular weight excluding hydrogens is 296 g/mol. The molecule has 2 heterocycles. The zero-order chi connectivity index (χ0) is 15.4. The van der Waals surface area contributed by atoms with Crippen LogP contribution in [0, 0.1) is 5.92 Å². The molecule has 3 rings (SSSR count). The number of likely N-dealkylation sites (N-methyl/N-ethyl adjacent to an activating group) is 1. The number of ether oxygens (including phenoxy) is 2. The Labute approximate surface area is 138 Å². The molecule has 1 aromatic rings. The van der Waals surface area contributed by atoms with Crippen LogP contribution < -0.4 is 0 Å². The van der Waals surface area contributed by atoms with Gasteiger partial charge in [-0.1, -0.05) is 6.07 Å². The van der Waals surface area contributed by atoms with E-state index in [9.17, 15) is 0 Å². The van der Waals surface area contributed by atoms with Gasteiger partial charge in [-0.05, 0) is 38.4 Å². The molecule has 1 aliphatic heterocycles. The lowest BCUT2D eigenvalue weighted by Gasteiger charge is -2.39. The van der Waals surface area contributed by atoms with Gasteiger partial charge in [-0.25, -0.2) is 0 Å². The fraction of sp³-hybridized carbons (Fsp3) is 0.765. The molecule has 1 saturated heterocycles. The Morgan fingerprint density at radius 1 is 1.41 bits per heavy atom. The predicted molar refractivity (Wildman–Crippen MR) is 90.4 cm³/mol. The maximum atomic E-state index is 6.11. The highest BCUT2D eigenvalue weighted by molar-refractivity contribution is 7.09. The molecule has 0 aromatic carbocycles. The Bertz CT molecular complexity index is 438. The van der Waals surface area contributed by atoms with Crippen LogP contribution in [0.15, 0.2) is 17.5 Å². The van der Waals surface area contributed by atoms with E-state index >= 15 is 0 Å². The molecule has 1 saturated carbocycles. The molecule has 124 valence electrons. The van der Waals surface area contributed by atoms with E-state index in [1.807, 2.05) is 11.3 Å². The molecule has 0 bridgehead atoms. The molecule has 22 heavy (non-hydrogen) atoms. The van der Waals surface area contributed by atoms with Gasteiger partial charge in [0.05, 0.1) is 25.9 Å². The smallest absolute Gasteiger partial charge is 0.0781 e. The maximum absolute atomic E-state index is 6.11. The highest BCUT2D eigenvalue weighted by Gasteiger charge is 2.42. The van der Waals surface area contributed by atoms with Crippen molar-refractivity contribution in [3.05, 3.63) is 22.4 Å². The van der Waals surface area contributed by atoms with E-state index in [0.29, 0.717) is 18.1 Å². The largest absolute Gasteiger partial charge is 0.380 e. The van der Waals surface area contributed by atoms with Gasteiger partial charge in [-0.2, -0.15) is 0 Å². The maximum Gasteiger partial charge on any atom is 0.0781 e. The molecule has 3 atom stereocenters. The second-order valence-electron chi connectivity index (χ2n) is 6.67. The summed E-state index contributed by atoms with van der Waals surface area (Å²) in [7, 11) is 4.17. The Kier molecular flexibility index (Phi) is 5.88. The van der Waals surface area contributed by atoms with Crippen molar-refractivity contribution in [3.8, 4) is 0 Å². The van der Waals surface area contributed by atoms with Crippen molar-refractivity contribution in [3.63, 3.8) is 0 Å². The summed E-state index contributed by atoms with van der Waals surface area (Å²) in [5, 5.41) is 2.17. The lowest BCUT2D eigenvalue weighted by atomic mass is 10.0. The molecule has 0 N–H and O–H groups in total. The first kappa shape index (κ1) is 16.4. The molecule has 2 aliphatic rings. The van der Waals surface area contributed by atoms with Crippen LogP contribution in [0.2, 0.25) is 0 Å². The minimum atomic E-state index is 0.369. The molecule has 0 unspecified atom stereocenters. The number of hydrogen-bond acceptors (Lipinski definition) is 5. The normalized spacial score (nSPS) is 29.1. The molecule has 0 spiro atoms. The van der Waals surface area contributed by atoms with Gasteiger partial charge >= 0.3 is 0 Å². The Balaban J connectivity index is 1.49. The number of morpholine rings is 1. The zero-order valence-corrected chi connectivity index (χ0v) is 14.6. The molecule has 0 radical (unpaired) electrons. The first-order chi connectivity index (χ1) is 10.7. The third kappa shape index (κ3) is 4.09. The summed E-state index contributed by atoms with van der Waals surface area (Å²) in [5.74, 6) is 0.568. The summed E-state index contributed by atoms with van der Waals surface area (Å²) in [6, 6.07) is 4.97. The molecule has 1 aliphatic carbocycles. The first-order valence-corrected chi connectivity index (χ1v) is 9.22. The van der Waals surface area contributed by atoms with Crippen molar-refractivity contribution in [1.29, 1.82) is 0 Å². The minimum Gasteiger partial charge on any atom is -0.380 e. The highest BCUT2D eigenvalue weighted by Crippen LogP contribution is 2.35. The standard InChI is InChI=1S/C17H28N2O2S/c1-18(2)7-9-20-13-14-5-6-16-17(14)21-10-8-19(16)12-15-4-3-11-22-15/h3-4,11,14,16-17H,5-10,12-13H2,1-2H3/t14-,16-,17-/m0/s1. The van der Waals surface area contributed by atoms with Crippen molar-refractivity contribution in [2.24, 2.45) is 5.92 Å². The number of thiophene rings is 1. The first-order valence-electron chi connectivity index (χ1n) is 8.34. The van der Waals surface area contributed by atoms with E-state index in [2.05, 4.69) is 41.4 Å². The number of nitrogens with zero attached hydrogens (tertiary/aromatic N) is 2. The van der Waals surface area contributed by atoms with Crippen LogP contribution in [0.4, 0.5) is 0 Å².